The van der Waals surface area contributed by atoms with Crippen molar-refractivity contribution in [2.24, 2.45) is 11.7 Å². The highest BCUT2D eigenvalue weighted by Gasteiger charge is 2.42. The van der Waals surface area contributed by atoms with Gasteiger partial charge in [0.05, 0.1) is 4.99 Å². The minimum absolute atomic E-state index is 0.0431. The molecular weight excluding hydrogens is 244 g/mol. The second kappa shape index (κ2) is 4.58. The van der Waals surface area contributed by atoms with Crippen molar-refractivity contribution in [1.82, 2.24) is 4.72 Å². The first-order valence-electron chi connectivity index (χ1n) is 5.53. The summed E-state index contributed by atoms with van der Waals surface area (Å²) < 4.78 is 26.9. The van der Waals surface area contributed by atoms with Gasteiger partial charge in [-0.25, -0.2) is 13.1 Å². The van der Waals surface area contributed by atoms with E-state index < -0.39 is 20.8 Å². The summed E-state index contributed by atoms with van der Waals surface area (Å²) >= 11 is 4.79. The number of rotatable bonds is 6. The van der Waals surface area contributed by atoms with Crippen LogP contribution in [0.4, 0.5) is 0 Å². The van der Waals surface area contributed by atoms with Crippen LogP contribution < -0.4 is 10.5 Å². The summed E-state index contributed by atoms with van der Waals surface area (Å²) in [7, 11) is -3.45. The van der Waals surface area contributed by atoms with Crippen LogP contribution in [0.5, 0.6) is 0 Å². The summed E-state index contributed by atoms with van der Waals surface area (Å²) in [6.07, 6.45) is 2.57. The van der Waals surface area contributed by atoms with Crippen LogP contribution in [0.1, 0.15) is 40.0 Å². The zero-order chi connectivity index (χ0) is 12.6. The van der Waals surface area contributed by atoms with Crippen molar-refractivity contribution >= 4 is 27.2 Å². The van der Waals surface area contributed by atoms with E-state index in [4.69, 9.17) is 18.0 Å². The predicted molar refractivity (Wildman–Crippen MR) is 69.7 cm³/mol. The minimum Gasteiger partial charge on any atom is -0.392 e. The molecule has 1 rings (SSSR count). The Morgan fingerprint density at radius 3 is 2.38 bits per heavy atom. The molecule has 0 aliphatic heterocycles. The largest absolute Gasteiger partial charge is 0.392 e. The van der Waals surface area contributed by atoms with Crippen molar-refractivity contribution in [1.29, 1.82) is 0 Å². The highest BCUT2D eigenvalue weighted by atomic mass is 32.2. The van der Waals surface area contributed by atoms with Crippen molar-refractivity contribution < 1.29 is 8.42 Å². The maximum Gasteiger partial charge on any atom is 0.221 e. The monoisotopic (exact) mass is 264 g/mol. The van der Waals surface area contributed by atoms with E-state index in [1.165, 1.54) is 0 Å². The smallest absolute Gasteiger partial charge is 0.221 e. The molecule has 1 atom stereocenters. The molecule has 4 nitrogen and oxygen atoms in total. The summed E-state index contributed by atoms with van der Waals surface area (Å²) in [5.74, 6) is 0.436. The Morgan fingerprint density at radius 2 is 2.06 bits per heavy atom. The molecule has 1 saturated carbocycles. The third kappa shape index (κ3) is 3.15. The second-order valence-corrected chi connectivity index (χ2v) is 7.28. The first-order chi connectivity index (χ1) is 7.20. The number of sulfonamides is 1. The molecule has 0 spiro atoms. The first-order valence-corrected chi connectivity index (χ1v) is 7.48. The molecule has 0 bridgehead atoms. The number of nitrogens with one attached hydrogen (secondary N) is 1. The Kier molecular flexibility index (Phi) is 3.97. The van der Waals surface area contributed by atoms with Gasteiger partial charge in [-0.1, -0.05) is 19.1 Å². The zero-order valence-electron chi connectivity index (χ0n) is 9.99. The van der Waals surface area contributed by atoms with Gasteiger partial charge in [-0.2, -0.15) is 0 Å². The van der Waals surface area contributed by atoms with Gasteiger partial charge in [0.1, 0.15) is 5.25 Å². The Balaban J connectivity index is 2.81. The average Bonchev–Trinajstić information content (AvgIpc) is 2.81. The molecule has 16 heavy (non-hydrogen) atoms. The number of hydrogen-bond donors (Lipinski definition) is 2. The van der Waals surface area contributed by atoms with E-state index in [0.717, 1.165) is 12.8 Å². The van der Waals surface area contributed by atoms with Crippen molar-refractivity contribution in [3.63, 3.8) is 0 Å². The van der Waals surface area contributed by atoms with E-state index in [1.807, 2.05) is 13.8 Å². The third-order valence-electron chi connectivity index (χ3n) is 3.07. The maximum absolute atomic E-state index is 12.1. The van der Waals surface area contributed by atoms with Crippen molar-refractivity contribution in [3.8, 4) is 0 Å². The van der Waals surface area contributed by atoms with Gasteiger partial charge in [0.25, 0.3) is 0 Å². The Bertz CT molecular complexity index is 372. The summed E-state index contributed by atoms with van der Waals surface area (Å²) in [4.78, 5) is 0.0431. The van der Waals surface area contributed by atoms with Gasteiger partial charge < -0.3 is 5.73 Å². The minimum atomic E-state index is -3.45. The second-order valence-electron chi connectivity index (χ2n) is 4.94. The molecule has 0 amide bonds. The summed E-state index contributed by atoms with van der Waals surface area (Å²) in [5, 5.41) is -0.763. The zero-order valence-corrected chi connectivity index (χ0v) is 11.6. The van der Waals surface area contributed by atoms with Crippen LogP contribution in [0.2, 0.25) is 0 Å². The van der Waals surface area contributed by atoms with Gasteiger partial charge in [-0.05, 0) is 39.0 Å². The molecule has 0 aromatic rings. The fourth-order valence-corrected chi connectivity index (χ4v) is 4.23. The van der Waals surface area contributed by atoms with E-state index in [2.05, 4.69) is 4.72 Å². The number of hydrogen-bond acceptors (Lipinski definition) is 3. The van der Waals surface area contributed by atoms with E-state index in [-0.39, 0.29) is 4.99 Å². The lowest BCUT2D eigenvalue weighted by Crippen LogP contribution is -2.51. The number of thiocarbonyl (C=S) groups is 1. The quantitative estimate of drug-likeness (QED) is 0.706. The van der Waals surface area contributed by atoms with Gasteiger partial charge in [-0.15, -0.1) is 0 Å². The normalized spacial score (nSPS) is 19.4. The molecule has 0 aromatic carbocycles. The summed E-state index contributed by atoms with van der Waals surface area (Å²) in [6.45, 7) is 5.59. The molecule has 0 aromatic heterocycles. The van der Waals surface area contributed by atoms with Crippen molar-refractivity contribution in [2.75, 3.05) is 0 Å². The van der Waals surface area contributed by atoms with Crippen LogP contribution in [-0.4, -0.2) is 24.2 Å². The van der Waals surface area contributed by atoms with E-state index >= 15 is 0 Å². The van der Waals surface area contributed by atoms with Gasteiger partial charge in [-0.3, -0.25) is 0 Å². The molecule has 94 valence electrons. The molecule has 6 heteroatoms. The van der Waals surface area contributed by atoms with E-state index in [0.29, 0.717) is 12.3 Å². The van der Waals surface area contributed by atoms with Gasteiger partial charge in [0.2, 0.25) is 10.0 Å². The molecule has 3 N–H and O–H groups in total. The van der Waals surface area contributed by atoms with Gasteiger partial charge in [0.15, 0.2) is 0 Å². The fourth-order valence-electron chi connectivity index (χ4n) is 1.90. The van der Waals surface area contributed by atoms with Gasteiger partial charge in [0, 0.05) is 5.54 Å². The summed E-state index contributed by atoms with van der Waals surface area (Å²) in [6, 6.07) is 0. The summed E-state index contributed by atoms with van der Waals surface area (Å²) in [5.41, 5.74) is 5.06. The Hall–Kier alpha value is -0.200. The van der Waals surface area contributed by atoms with Gasteiger partial charge >= 0.3 is 0 Å². The van der Waals surface area contributed by atoms with Crippen molar-refractivity contribution in [2.45, 2.75) is 50.8 Å². The standard InChI is InChI=1S/C10H20N2O2S2/c1-4-8(9(11)15)16(13,14)12-10(2,3)7-5-6-7/h7-8,12H,4-6H2,1-3H3,(H2,11,15). The van der Waals surface area contributed by atoms with Crippen LogP contribution in [0.15, 0.2) is 0 Å². The Morgan fingerprint density at radius 1 is 1.56 bits per heavy atom. The van der Waals surface area contributed by atoms with Crippen molar-refractivity contribution in [3.05, 3.63) is 0 Å². The van der Waals surface area contributed by atoms with E-state index in [1.54, 1.807) is 6.92 Å². The van der Waals surface area contributed by atoms with Crippen LogP contribution in [0.25, 0.3) is 0 Å². The molecule has 1 aliphatic rings. The lowest BCUT2D eigenvalue weighted by molar-refractivity contribution is 0.399. The molecule has 0 radical (unpaired) electrons. The van der Waals surface area contributed by atoms with Crippen LogP contribution in [0, 0.1) is 5.92 Å². The first kappa shape index (κ1) is 13.9. The molecule has 1 unspecified atom stereocenters. The predicted octanol–water partition coefficient (Wildman–Crippen LogP) is 1.16. The molecule has 0 saturated heterocycles. The van der Waals surface area contributed by atoms with Crippen LogP contribution in [-0.2, 0) is 10.0 Å². The number of nitrogens with two attached hydrogens (primary N) is 1. The lowest BCUT2D eigenvalue weighted by atomic mass is 10.0. The average molecular weight is 264 g/mol. The lowest BCUT2D eigenvalue weighted by Gasteiger charge is -2.28. The SMILES string of the molecule is CCC(C(N)=S)S(=O)(=O)NC(C)(C)C1CC1. The molecule has 1 aliphatic carbocycles. The highest BCUT2D eigenvalue weighted by molar-refractivity contribution is 7.93. The van der Waals surface area contributed by atoms with Crippen LogP contribution in [0.3, 0.4) is 0 Å². The molecular formula is C10H20N2O2S2. The van der Waals surface area contributed by atoms with E-state index in [9.17, 15) is 8.42 Å². The topological polar surface area (TPSA) is 72.2 Å². The Labute approximate surface area is 103 Å². The van der Waals surface area contributed by atoms with Crippen LogP contribution >= 0.6 is 12.2 Å². The molecule has 0 heterocycles. The maximum atomic E-state index is 12.1. The highest BCUT2D eigenvalue weighted by Crippen LogP contribution is 2.39. The fraction of sp³-hybridized carbons (Fsp3) is 0.900. The third-order valence-corrected chi connectivity index (χ3v) is 5.65. The molecule has 1 fully saturated rings.